The molecule has 49 valence electrons. The third-order valence-electron chi connectivity index (χ3n) is 0.711. The van der Waals surface area contributed by atoms with Gasteiger partial charge in [0.2, 0.25) is 0 Å². The van der Waals surface area contributed by atoms with Gasteiger partial charge in [0.1, 0.15) is 0 Å². The van der Waals surface area contributed by atoms with Crippen LogP contribution in [0, 0.1) is 6.07 Å². The maximum atomic E-state index is 8.58. The van der Waals surface area contributed by atoms with Crippen molar-refractivity contribution in [3.8, 4) is 11.6 Å². The van der Waals surface area contributed by atoms with Crippen LogP contribution in [0.25, 0.3) is 0 Å². The van der Waals surface area contributed by atoms with E-state index >= 15 is 0 Å². The molecule has 9 heavy (non-hydrogen) atoms. The van der Waals surface area contributed by atoms with Crippen molar-refractivity contribution in [2.45, 2.75) is 0 Å². The Morgan fingerprint density at radius 1 is 1.44 bits per heavy atom. The predicted octanol–water partition coefficient (Wildman–Crippen LogP) is 0.290. The first-order chi connectivity index (χ1) is 3.80. The molecule has 0 fully saturated rings. The molecule has 0 aliphatic heterocycles. The minimum atomic E-state index is -0.358. The normalized spacial score (nSPS) is 8.00. The van der Waals surface area contributed by atoms with Gasteiger partial charge in [-0.15, -0.1) is 0 Å². The Balaban J connectivity index is 0.000000640. The Morgan fingerprint density at radius 3 is 2.44 bits per heavy atom. The topological polar surface area (TPSA) is 53.4 Å². The molecule has 0 saturated carbocycles. The quantitative estimate of drug-likeness (QED) is 0.677. The van der Waals surface area contributed by atoms with Gasteiger partial charge in [-0.05, 0) is 0 Å². The molecule has 1 rings (SSSR count). The second-order valence-corrected chi connectivity index (χ2v) is 1.28. The fraction of sp³-hybridized carbons (Fsp3) is 0. The van der Waals surface area contributed by atoms with Crippen molar-refractivity contribution in [2.75, 3.05) is 0 Å². The fourth-order valence-electron chi connectivity index (χ4n) is 0.345. The van der Waals surface area contributed by atoms with Crippen LogP contribution >= 0.6 is 0 Å². The summed E-state index contributed by atoms with van der Waals surface area (Å²) in [7, 11) is 0. The van der Waals surface area contributed by atoms with Gasteiger partial charge in [0.15, 0.2) is 5.88 Å². The molecule has 4 heteroatoms. The van der Waals surface area contributed by atoms with Crippen LogP contribution in [0.3, 0.4) is 0 Å². The van der Waals surface area contributed by atoms with E-state index < -0.39 is 0 Å². The number of hydrogen-bond acceptors (Lipinski definition) is 3. The molecule has 0 bridgehead atoms. The first kappa shape index (κ1) is 8.41. The Hall–Kier alpha value is -0.588. The summed E-state index contributed by atoms with van der Waals surface area (Å²) in [4.78, 5) is 3.33. The molecule has 3 nitrogen and oxygen atoms in total. The summed E-state index contributed by atoms with van der Waals surface area (Å²) in [5.74, 6) is -0.601. The molecule has 1 heterocycles. The fourth-order valence-corrected chi connectivity index (χ4v) is 0.345. The average Bonchev–Trinajstić information content (AvgIpc) is 1.77. The number of aromatic hydroxyl groups is 2. The Morgan fingerprint density at radius 2 is 2.11 bits per heavy atom. The third kappa shape index (κ3) is 2.00. The van der Waals surface area contributed by atoms with E-state index in [4.69, 9.17) is 10.2 Å². The molecule has 2 N–H and O–H groups in total. The molecule has 0 aliphatic carbocycles. The minimum Gasteiger partial charge on any atom is -0.587 e. The van der Waals surface area contributed by atoms with E-state index in [2.05, 4.69) is 11.1 Å². The standard InChI is InChI=1S/C5H4NO2.Re/c7-4-2-1-3-6-5(4)8;/h2-3,7H,(H,6,8);/q-1;. The summed E-state index contributed by atoms with van der Waals surface area (Å²) in [6, 6.07) is 3.72. The molecule has 0 amide bonds. The van der Waals surface area contributed by atoms with Gasteiger partial charge in [-0.1, -0.05) is 6.20 Å². The zero-order valence-electron chi connectivity index (χ0n) is 4.37. The summed E-state index contributed by atoms with van der Waals surface area (Å²) in [6.07, 6.45) is 1.27. The summed E-state index contributed by atoms with van der Waals surface area (Å²) in [5.41, 5.74) is 0. The molecule has 0 spiro atoms. The minimum absolute atomic E-state index is 0. The zero-order valence-corrected chi connectivity index (χ0v) is 7.09. The first-order valence-electron chi connectivity index (χ1n) is 2.05. The number of hydrogen-bond donors (Lipinski definition) is 2. The van der Waals surface area contributed by atoms with Crippen molar-refractivity contribution in [1.29, 1.82) is 0 Å². The van der Waals surface area contributed by atoms with Crippen molar-refractivity contribution in [2.24, 2.45) is 0 Å². The smallest absolute Gasteiger partial charge is 0.162 e. The number of aromatic nitrogens is 1. The van der Waals surface area contributed by atoms with Crippen LogP contribution in [0.15, 0.2) is 12.3 Å². The second-order valence-electron chi connectivity index (χ2n) is 1.28. The molecular formula is C5H4NO2Re-. The van der Waals surface area contributed by atoms with E-state index in [-0.39, 0.29) is 32.1 Å². The molecular weight excluding hydrogens is 292 g/mol. The molecule has 0 atom stereocenters. The summed E-state index contributed by atoms with van der Waals surface area (Å²) >= 11 is 0. The summed E-state index contributed by atoms with van der Waals surface area (Å²) in [5, 5.41) is 17.1. The van der Waals surface area contributed by atoms with Crippen LogP contribution < -0.4 is 0 Å². The summed E-state index contributed by atoms with van der Waals surface area (Å²) in [6.45, 7) is 0. The van der Waals surface area contributed by atoms with E-state index in [1.807, 2.05) is 0 Å². The number of nitrogens with zero attached hydrogens (tertiary/aromatic N) is 1. The molecule has 0 saturated heterocycles. The maximum Gasteiger partial charge on any atom is 0.162 e. The summed E-state index contributed by atoms with van der Waals surface area (Å²) < 4.78 is 0. The van der Waals surface area contributed by atoms with Crippen LogP contribution in [0.5, 0.6) is 11.6 Å². The van der Waals surface area contributed by atoms with E-state index in [0.717, 1.165) is 0 Å². The van der Waals surface area contributed by atoms with Crippen molar-refractivity contribution in [3.05, 3.63) is 18.3 Å². The molecule has 1 aromatic rings. The third-order valence-corrected chi connectivity index (χ3v) is 0.711. The van der Waals surface area contributed by atoms with Crippen LogP contribution in [0.1, 0.15) is 0 Å². The van der Waals surface area contributed by atoms with E-state index in [9.17, 15) is 0 Å². The molecule has 1 radical (unpaired) electrons. The van der Waals surface area contributed by atoms with Crippen molar-refractivity contribution in [3.63, 3.8) is 0 Å². The number of rotatable bonds is 0. The van der Waals surface area contributed by atoms with E-state index in [1.165, 1.54) is 12.3 Å². The van der Waals surface area contributed by atoms with Crippen LogP contribution in [0.2, 0.25) is 0 Å². The van der Waals surface area contributed by atoms with Crippen LogP contribution in [-0.4, -0.2) is 15.2 Å². The Labute approximate surface area is 66.0 Å². The van der Waals surface area contributed by atoms with E-state index in [0.29, 0.717) is 0 Å². The molecule has 0 aliphatic rings. The van der Waals surface area contributed by atoms with Crippen LogP contribution in [-0.2, 0) is 20.4 Å². The molecule has 0 aromatic carbocycles. The van der Waals surface area contributed by atoms with Gasteiger partial charge < -0.3 is 10.2 Å². The van der Waals surface area contributed by atoms with Crippen molar-refractivity contribution >= 4 is 0 Å². The Kier molecular flexibility index (Phi) is 3.22. The van der Waals surface area contributed by atoms with Gasteiger partial charge >= 0.3 is 0 Å². The van der Waals surface area contributed by atoms with Crippen LogP contribution in [0.4, 0.5) is 0 Å². The second kappa shape index (κ2) is 3.44. The van der Waals surface area contributed by atoms with Gasteiger partial charge in [-0.2, -0.15) is 6.07 Å². The Bertz CT molecular complexity index is 171. The van der Waals surface area contributed by atoms with Gasteiger partial charge in [0.05, 0.1) is 0 Å². The SMILES string of the molecule is Oc1c[c-]cnc1O.[Re]. The zero-order chi connectivity index (χ0) is 5.98. The predicted molar refractivity (Wildman–Crippen MR) is 26.4 cm³/mol. The maximum absolute atomic E-state index is 8.58. The average molecular weight is 296 g/mol. The van der Waals surface area contributed by atoms with Crippen molar-refractivity contribution in [1.82, 2.24) is 4.98 Å². The van der Waals surface area contributed by atoms with Gasteiger partial charge in [-0.25, -0.2) is 6.07 Å². The number of pyridine rings is 1. The monoisotopic (exact) mass is 297 g/mol. The largest absolute Gasteiger partial charge is 0.587 e. The first-order valence-corrected chi connectivity index (χ1v) is 2.05. The van der Waals surface area contributed by atoms with Gasteiger partial charge in [-0.3, -0.25) is 4.98 Å². The molecule has 0 unspecified atom stereocenters. The molecule has 1 aromatic heterocycles. The van der Waals surface area contributed by atoms with Gasteiger partial charge in [0, 0.05) is 26.2 Å². The van der Waals surface area contributed by atoms with E-state index in [1.54, 1.807) is 0 Å². The van der Waals surface area contributed by atoms with Crippen molar-refractivity contribution < 1.29 is 30.6 Å². The van der Waals surface area contributed by atoms with Gasteiger partial charge in [0.25, 0.3) is 0 Å².